The molecule has 1 fully saturated rings. The van der Waals surface area contributed by atoms with E-state index in [0.29, 0.717) is 49.2 Å². The van der Waals surface area contributed by atoms with Gasteiger partial charge in [-0.2, -0.15) is 0 Å². The Bertz CT molecular complexity index is 647. The van der Waals surface area contributed by atoms with E-state index in [2.05, 4.69) is 0 Å². The predicted octanol–water partition coefficient (Wildman–Crippen LogP) is 2.20. The Kier molecular flexibility index (Phi) is 6.44. The molecule has 0 unspecified atom stereocenters. The van der Waals surface area contributed by atoms with Crippen LogP contribution in [0.15, 0.2) is 30.4 Å². The van der Waals surface area contributed by atoms with Crippen LogP contribution in [-0.2, 0) is 4.79 Å². The smallest absolute Gasteiger partial charge is 0.254 e. The zero-order valence-corrected chi connectivity index (χ0v) is 15.3. The Balaban J connectivity index is 1.98. The van der Waals surface area contributed by atoms with E-state index in [-0.39, 0.29) is 11.8 Å². The van der Waals surface area contributed by atoms with Crippen LogP contribution in [0, 0.1) is 5.92 Å². The molecule has 1 aromatic rings. The summed E-state index contributed by atoms with van der Waals surface area (Å²) in [5.74, 6) is 1.40. The molecule has 6 nitrogen and oxygen atoms in total. The number of carbonyl (C=O) groups is 2. The van der Waals surface area contributed by atoms with Gasteiger partial charge < -0.3 is 19.3 Å². The van der Waals surface area contributed by atoms with Crippen molar-refractivity contribution in [2.45, 2.75) is 13.8 Å². The molecule has 0 spiro atoms. The number of methoxy groups -OCH3 is 2. The van der Waals surface area contributed by atoms with Crippen molar-refractivity contribution in [2.24, 2.45) is 5.92 Å². The van der Waals surface area contributed by atoms with Crippen molar-refractivity contribution in [3.05, 3.63) is 35.9 Å². The number of rotatable bonds is 5. The van der Waals surface area contributed by atoms with E-state index in [0.717, 1.165) is 0 Å². The third kappa shape index (κ3) is 4.75. The number of benzene rings is 1. The number of allylic oxidation sites excluding steroid dienone is 1. The van der Waals surface area contributed by atoms with Crippen LogP contribution in [0.4, 0.5) is 0 Å². The summed E-state index contributed by atoms with van der Waals surface area (Å²) in [6.45, 7) is 6.19. The highest BCUT2D eigenvalue weighted by Gasteiger charge is 2.24. The second-order valence-electron chi connectivity index (χ2n) is 6.29. The molecule has 0 saturated carbocycles. The zero-order chi connectivity index (χ0) is 18.4. The molecule has 0 aliphatic carbocycles. The number of piperazine rings is 1. The molecule has 0 atom stereocenters. The summed E-state index contributed by atoms with van der Waals surface area (Å²) in [5.41, 5.74) is 0.553. The predicted molar refractivity (Wildman–Crippen MR) is 96.0 cm³/mol. The standard InChI is InChI=1S/C19H26N2O4/c1-14(2)5-8-18(22)20-9-11-21(12-10-20)19(23)15-6-7-16(24-3)17(13-15)25-4/h5-8,13-14H,9-12H2,1-4H3/b8-5+. The van der Waals surface area contributed by atoms with Crippen LogP contribution >= 0.6 is 0 Å². The normalized spacial score (nSPS) is 14.9. The van der Waals surface area contributed by atoms with Crippen molar-refractivity contribution in [3.8, 4) is 11.5 Å². The lowest BCUT2D eigenvalue weighted by Gasteiger charge is -2.34. The number of nitrogens with zero attached hydrogens (tertiary/aromatic N) is 2. The summed E-state index contributed by atoms with van der Waals surface area (Å²) in [5, 5.41) is 0. The van der Waals surface area contributed by atoms with E-state index in [1.807, 2.05) is 19.9 Å². The average Bonchev–Trinajstić information content (AvgIpc) is 2.64. The third-order valence-corrected chi connectivity index (χ3v) is 4.13. The van der Waals surface area contributed by atoms with Crippen molar-refractivity contribution in [3.63, 3.8) is 0 Å². The average molecular weight is 346 g/mol. The van der Waals surface area contributed by atoms with Crippen molar-refractivity contribution < 1.29 is 19.1 Å². The van der Waals surface area contributed by atoms with Gasteiger partial charge in [0.05, 0.1) is 14.2 Å². The van der Waals surface area contributed by atoms with Crippen LogP contribution in [0.1, 0.15) is 24.2 Å². The van der Waals surface area contributed by atoms with E-state index in [1.54, 1.807) is 48.3 Å². The van der Waals surface area contributed by atoms with Crippen molar-refractivity contribution in [1.29, 1.82) is 0 Å². The van der Waals surface area contributed by atoms with Crippen molar-refractivity contribution in [2.75, 3.05) is 40.4 Å². The minimum Gasteiger partial charge on any atom is -0.493 e. The summed E-state index contributed by atoms with van der Waals surface area (Å²) in [4.78, 5) is 28.3. The summed E-state index contributed by atoms with van der Waals surface area (Å²) in [6.07, 6.45) is 3.51. The second kappa shape index (κ2) is 8.55. The van der Waals surface area contributed by atoms with E-state index in [1.165, 1.54) is 0 Å². The SMILES string of the molecule is COc1ccc(C(=O)N2CCN(C(=O)/C=C/C(C)C)CC2)cc1OC. The van der Waals surface area contributed by atoms with Crippen molar-refractivity contribution >= 4 is 11.8 Å². The van der Waals surface area contributed by atoms with E-state index in [9.17, 15) is 9.59 Å². The molecule has 1 aliphatic heterocycles. The maximum Gasteiger partial charge on any atom is 0.254 e. The number of amides is 2. The first-order valence-electron chi connectivity index (χ1n) is 8.44. The fraction of sp³-hybridized carbons (Fsp3) is 0.474. The fourth-order valence-corrected chi connectivity index (χ4v) is 2.66. The number of ether oxygens (including phenoxy) is 2. The molecule has 1 saturated heterocycles. The topological polar surface area (TPSA) is 59.1 Å². The fourth-order valence-electron chi connectivity index (χ4n) is 2.66. The van der Waals surface area contributed by atoms with Gasteiger partial charge in [0.25, 0.3) is 5.91 Å². The van der Waals surface area contributed by atoms with Crippen molar-refractivity contribution in [1.82, 2.24) is 9.80 Å². The minimum atomic E-state index is -0.0641. The van der Waals surface area contributed by atoms with Gasteiger partial charge in [-0.15, -0.1) is 0 Å². The first-order valence-corrected chi connectivity index (χ1v) is 8.44. The highest BCUT2D eigenvalue weighted by Crippen LogP contribution is 2.28. The van der Waals surface area contributed by atoms with Crippen LogP contribution in [0.3, 0.4) is 0 Å². The Morgan fingerprint density at radius 2 is 1.60 bits per heavy atom. The molecule has 0 bridgehead atoms. The van der Waals surface area contributed by atoms with Gasteiger partial charge in [0.2, 0.25) is 5.91 Å². The Morgan fingerprint density at radius 3 is 2.16 bits per heavy atom. The maximum absolute atomic E-state index is 12.7. The summed E-state index contributed by atoms with van der Waals surface area (Å²) in [6, 6.07) is 5.14. The Labute approximate surface area is 149 Å². The monoisotopic (exact) mass is 346 g/mol. The first-order chi connectivity index (χ1) is 12.0. The Hall–Kier alpha value is -2.50. The van der Waals surface area contributed by atoms with Crippen LogP contribution in [0.25, 0.3) is 0 Å². The summed E-state index contributed by atoms with van der Waals surface area (Å²) < 4.78 is 10.4. The van der Waals surface area contributed by atoms with Gasteiger partial charge in [-0.1, -0.05) is 19.9 Å². The van der Waals surface area contributed by atoms with Gasteiger partial charge in [0.1, 0.15) is 0 Å². The second-order valence-corrected chi connectivity index (χ2v) is 6.29. The van der Waals surface area contributed by atoms with Gasteiger partial charge >= 0.3 is 0 Å². The van der Waals surface area contributed by atoms with Gasteiger partial charge in [0, 0.05) is 31.7 Å². The van der Waals surface area contributed by atoms with Crippen LogP contribution < -0.4 is 9.47 Å². The largest absolute Gasteiger partial charge is 0.493 e. The van der Waals surface area contributed by atoms with E-state index in [4.69, 9.17) is 9.47 Å². The summed E-state index contributed by atoms with van der Waals surface area (Å²) >= 11 is 0. The maximum atomic E-state index is 12.7. The highest BCUT2D eigenvalue weighted by atomic mass is 16.5. The number of carbonyl (C=O) groups excluding carboxylic acids is 2. The van der Waals surface area contributed by atoms with Crippen LogP contribution in [0.2, 0.25) is 0 Å². The molecule has 136 valence electrons. The zero-order valence-electron chi connectivity index (χ0n) is 15.3. The summed E-state index contributed by atoms with van der Waals surface area (Å²) in [7, 11) is 3.10. The molecule has 1 aromatic carbocycles. The number of hydrogen-bond donors (Lipinski definition) is 0. The van der Waals surface area contributed by atoms with Crippen LogP contribution in [-0.4, -0.2) is 62.0 Å². The van der Waals surface area contributed by atoms with E-state index < -0.39 is 0 Å². The van der Waals surface area contributed by atoms with Gasteiger partial charge in [-0.3, -0.25) is 9.59 Å². The quantitative estimate of drug-likeness (QED) is 0.767. The first kappa shape index (κ1) is 18.8. The Morgan fingerprint density at radius 1 is 1.00 bits per heavy atom. The molecule has 0 N–H and O–H groups in total. The lowest BCUT2D eigenvalue weighted by molar-refractivity contribution is -0.127. The molecular weight excluding hydrogens is 320 g/mol. The molecule has 1 aliphatic rings. The lowest BCUT2D eigenvalue weighted by atomic mass is 10.1. The highest BCUT2D eigenvalue weighted by molar-refractivity contribution is 5.95. The number of hydrogen-bond acceptors (Lipinski definition) is 4. The molecule has 2 amide bonds. The minimum absolute atomic E-state index is 0.00640. The molecule has 6 heteroatoms. The van der Waals surface area contributed by atoms with Gasteiger partial charge in [0.15, 0.2) is 11.5 Å². The molecule has 0 aromatic heterocycles. The molecule has 25 heavy (non-hydrogen) atoms. The van der Waals surface area contributed by atoms with Gasteiger partial charge in [-0.05, 0) is 30.2 Å². The van der Waals surface area contributed by atoms with E-state index >= 15 is 0 Å². The molecule has 2 rings (SSSR count). The molecular formula is C19H26N2O4. The van der Waals surface area contributed by atoms with Crippen LogP contribution in [0.5, 0.6) is 11.5 Å². The molecule has 0 radical (unpaired) electrons. The third-order valence-electron chi connectivity index (χ3n) is 4.13. The molecule has 1 heterocycles. The lowest BCUT2D eigenvalue weighted by Crippen LogP contribution is -2.50. The van der Waals surface area contributed by atoms with Gasteiger partial charge in [-0.25, -0.2) is 0 Å².